The fourth-order valence-electron chi connectivity index (χ4n) is 1.98. The topological polar surface area (TPSA) is 49.3 Å². The van der Waals surface area contributed by atoms with Crippen molar-refractivity contribution >= 4 is 39.3 Å². The van der Waals surface area contributed by atoms with Crippen LogP contribution in [0, 0.1) is 5.82 Å². The van der Waals surface area contributed by atoms with Gasteiger partial charge in [0.1, 0.15) is 5.82 Å². The Bertz CT molecular complexity index is 708. The average Bonchev–Trinajstić information content (AvgIpc) is 2.66. The van der Waals surface area contributed by atoms with Crippen molar-refractivity contribution in [2.45, 2.75) is 15.9 Å². The molecule has 102 valence electrons. The number of carbonyl (C=O) groups excluding carboxylic acids is 1. The third kappa shape index (κ3) is 2.46. The molecule has 1 atom stereocenters. The van der Waals surface area contributed by atoms with Crippen molar-refractivity contribution in [3.05, 3.63) is 52.3 Å². The van der Waals surface area contributed by atoms with Gasteiger partial charge in [-0.25, -0.2) is 4.39 Å². The number of hydrogen-bond donors (Lipinski definition) is 2. The molecule has 0 radical (unpaired) electrons. The van der Waals surface area contributed by atoms with Crippen LogP contribution < -0.4 is 5.32 Å². The predicted molar refractivity (Wildman–Crippen MR) is 78.3 cm³/mol. The number of amides is 1. The Balaban J connectivity index is 1.96. The fraction of sp³-hybridized carbons (Fsp3) is 0.0714. The third-order valence-corrected chi connectivity index (χ3v) is 4.44. The van der Waals surface area contributed by atoms with Crippen LogP contribution in [0.25, 0.3) is 0 Å². The van der Waals surface area contributed by atoms with Gasteiger partial charge < -0.3 is 10.4 Å². The average molecular weight is 354 g/mol. The number of aliphatic hydroxyl groups excluding tert-OH is 1. The second-order valence-corrected chi connectivity index (χ2v) is 6.35. The summed E-state index contributed by atoms with van der Waals surface area (Å²) in [6, 6.07) is 10.3. The van der Waals surface area contributed by atoms with Crippen LogP contribution in [-0.2, 0) is 4.79 Å². The first-order valence-electron chi connectivity index (χ1n) is 5.80. The largest absolute Gasteiger partial charge is 0.378 e. The maximum Gasteiger partial charge on any atom is 0.257 e. The van der Waals surface area contributed by atoms with E-state index in [-0.39, 0.29) is 5.56 Å². The Morgan fingerprint density at radius 1 is 1.30 bits per heavy atom. The minimum atomic E-state index is -1.29. The van der Waals surface area contributed by atoms with Gasteiger partial charge in [-0.15, -0.1) is 0 Å². The molecule has 1 unspecified atom stereocenters. The van der Waals surface area contributed by atoms with E-state index in [0.29, 0.717) is 10.6 Å². The summed E-state index contributed by atoms with van der Waals surface area (Å²) in [4.78, 5) is 12.6. The molecule has 1 heterocycles. The summed E-state index contributed by atoms with van der Waals surface area (Å²) in [6.45, 7) is 0. The van der Waals surface area contributed by atoms with Crippen molar-refractivity contribution in [3.8, 4) is 0 Å². The molecule has 0 bridgehead atoms. The van der Waals surface area contributed by atoms with E-state index in [0.717, 1.165) is 9.37 Å². The Labute approximate surface area is 127 Å². The zero-order valence-electron chi connectivity index (χ0n) is 10.1. The Hall–Kier alpha value is -1.37. The lowest BCUT2D eigenvalue weighted by atomic mass is 10.1. The molecule has 0 spiro atoms. The van der Waals surface area contributed by atoms with E-state index in [9.17, 15) is 14.3 Å². The van der Waals surface area contributed by atoms with Crippen LogP contribution in [0.3, 0.4) is 0 Å². The van der Waals surface area contributed by atoms with Crippen LogP contribution in [0.4, 0.5) is 10.1 Å². The van der Waals surface area contributed by atoms with E-state index in [1.54, 1.807) is 6.07 Å². The molecule has 0 aliphatic carbocycles. The van der Waals surface area contributed by atoms with E-state index in [1.807, 2.05) is 24.3 Å². The summed E-state index contributed by atoms with van der Waals surface area (Å²) in [6.07, 6.45) is -1.29. The summed E-state index contributed by atoms with van der Waals surface area (Å²) >= 11 is 4.62. The number of nitrogens with one attached hydrogen (secondary N) is 1. The van der Waals surface area contributed by atoms with Crippen molar-refractivity contribution in [2.24, 2.45) is 0 Å². The maximum absolute atomic E-state index is 14.0. The molecule has 0 aromatic heterocycles. The first kappa shape index (κ1) is 13.6. The molecule has 0 saturated heterocycles. The number of fused-ring (bicyclic) bond motifs is 1. The number of benzene rings is 2. The highest BCUT2D eigenvalue weighted by Crippen LogP contribution is 2.38. The standard InChI is InChI=1S/C14H9BrFNO2S/c15-7-2-1-3-8(4-7)20-12-6-11-9(5-10(12)16)13(18)14(19)17-11/h1-6,13,18H,(H,17,19). The first-order valence-corrected chi connectivity index (χ1v) is 7.41. The highest BCUT2D eigenvalue weighted by Gasteiger charge is 2.29. The van der Waals surface area contributed by atoms with Gasteiger partial charge in [0.15, 0.2) is 6.10 Å². The van der Waals surface area contributed by atoms with Crippen molar-refractivity contribution in [2.75, 3.05) is 5.32 Å². The van der Waals surface area contributed by atoms with Gasteiger partial charge in [-0.05, 0) is 30.3 Å². The molecule has 0 saturated carbocycles. The van der Waals surface area contributed by atoms with Gasteiger partial charge in [-0.2, -0.15) is 0 Å². The number of anilines is 1. The second kappa shape index (κ2) is 5.20. The van der Waals surface area contributed by atoms with Gasteiger partial charge in [-0.3, -0.25) is 4.79 Å². The highest BCUT2D eigenvalue weighted by atomic mass is 79.9. The van der Waals surface area contributed by atoms with Crippen LogP contribution in [0.1, 0.15) is 11.7 Å². The lowest BCUT2D eigenvalue weighted by Gasteiger charge is -2.07. The first-order chi connectivity index (χ1) is 9.54. The van der Waals surface area contributed by atoms with Crippen molar-refractivity contribution < 1.29 is 14.3 Å². The van der Waals surface area contributed by atoms with Crippen LogP contribution in [-0.4, -0.2) is 11.0 Å². The third-order valence-electron chi connectivity index (χ3n) is 2.93. The molecule has 1 aliphatic rings. The normalized spacial score (nSPS) is 16.9. The summed E-state index contributed by atoms with van der Waals surface area (Å²) in [7, 11) is 0. The van der Waals surface area contributed by atoms with Gasteiger partial charge in [0.05, 0.1) is 4.90 Å². The monoisotopic (exact) mass is 353 g/mol. The number of aliphatic hydroxyl groups is 1. The Kier molecular flexibility index (Phi) is 3.54. The van der Waals surface area contributed by atoms with Crippen LogP contribution >= 0.6 is 27.7 Å². The molecule has 1 amide bonds. The summed E-state index contributed by atoms with van der Waals surface area (Å²) in [5.41, 5.74) is 0.743. The van der Waals surface area contributed by atoms with Gasteiger partial charge >= 0.3 is 0 Å². The summed E-state index contributed by atoms with van der Waals surface area (Å²) in [5.74, 6) is -0.978. The lowest BCUT2D eigenvalue weighted by Crippen LogP contribution is -2.10. The lowest BCUT2D eigenvalue weighted by molar-refractivity contribution is -0.123. The van der Waals surface area contributed by atoms with Crippen molar-refractivity contribution in [1.82, 2.24) is 0 Å². The van der Waals surface area contributed by atoms with Crippen LogP contribution in [0.5, 0.6) is 0 Å². The van der Waals surface area contributed by atoms with Crippen LogP contribution in [0.15, 0.2) is 50.7 Å². The number of halogens is 2. The van der Waals surface area contributed by atoms with Gasteiger partial charge in [0.25, 0.3) is 5.91 Å². The summed E-state index contributed by atoms with van der Waals surface area (Å²) < 4.78 is 15.0. The molecule has 3 rings (SSSR count). The number of carbonyl (C=O) groups is 1. The Morgan fingerprint density at radius 2 is 2.10 bits per heavy atom. The zero-order valence-corrected chi connectivity index (χ0v) is 12.5. The van der Waals surface area contributed by atoms with E-state index >= 15 is 0 Å². The highest BCUT2D eigenvalue weighted by molar-refractivity contribution is 9.10. The molecule has 2 aromatic rings. The maximum atomic E-state index is 14.0. The number of hydrogen-bond acceptors (Lipinski definition) is 3. The minimum Gasteiger partial charge on any atom is -0.378 e. The quantitative estimate of drug-likeness (QED) is 0.864. The molecule has 0 fully saturated rings. The molecular formula is C14H9BrFNO2S. The van der Waals surface area contributed by atoms with Gasteiger partial charge in [0, 0.05) is 20.6 Å². The molecule has 2 aromatic carbocycles. The van der Waals surface area contributed by atoms with E-state index < -0.39 is 17.8 Å². The van der Waals surface area contributed by atoms with E-state index in [4.69, 9.17) is 0 Å². The molecule has 20 heavy (non-hydrogen) atoms. The van der Waals surface area contributed by atoms with Gasteiger partial charge in [-0.1, -0.05) is 33.8 Å². The molecule has 1 aliphatic heterocycles. The van der Waals surface area contributed by atoms with Gasteiger partial charge in [0.2, 0.25) is 0 Å². The Morgan fingerprint density at radius 3 is 2.85 bits per heavy atom. The van der Waals surface area contributed by atoms with Crippen LogP contribution in [0.2, 0.25) is 0 Å². The smallest absolute Gasteiger partial charge is 0.257 e. The molecule has 3 nitrogen and oxygen atoms in total. The second-order valence-electron chi connectivity index (χ2n) is 4.32. The van der Waals surface area contributed by atoms with E-state index in [2.05, 4.69) is 21.2 Å². The SMILES string of the molecule is O=C1Nc2cc(Sc3cccc(Br)c3)c(F)cc2C1O. The summed E-state index contributed by atoms with van der Waals surface area (Å²) in [5, 5.41) is 12.1. The fourth-order valence-corrected chi connectivity index (χ4v) is 3.45. The van der Waals surface area contributed by atoms with Crippen molar-refractivity contribution in [1.29, 1.82) is 0 Å². The zero-order chi connectivity index (χ0) is 14.3. The predicted octanol–water partition coefficient (Wildman–Crippen LogP) is 3.72. The van der Waals surface area contributed by atoms with Crippen molar-refractivity contribution in [3.63, 3.8) is 0 Å². The molecule has 6 heteroatoms. The minimum absolute atomic E-state index is 0.283. The molecular weight excluding hydrogens is 345 g/mol. The van der Waals surface area contributed by atoms with E-state index in [1.165, 1.54) is 17.8 Å². The number of rotatable bonds is 2. The molecule has 2 N–H and O–H groups in total.